The minimum Gasteiger partial charge on any atom is -0.384 e. The van der Waals surface area contributed by atoms with Crippen molar-refractivity contribution in [2.45, 2.75) is 5.37 Å². The van der Waals surface area contributed by atoms with Gasteiger partial charge in [0, 0.05) is 29.9 Å². The van der Waals surface area contributed by atoms with Gasteiger partial charge in [-0.2, -0.15) is 11.8 Å². The van der Waals surface area contributed by atoms with Crippen LogP contribution in [0.15, 0.2) is 12.1 Å². The van der Waals surface area contributed by atoms with Crippen molar-refractivity contribution in [1.29, 1.82) is 0 Å². The van der Waals surface area contributed by atoms with Crippen molar-refractivity contribution in [1.82, 2.24) is 9.88 Å². The van der Waals surface area contributed by atoms with Crippen LogP contribution in [-0.2, 0) is 9.84 Å². The molecule has 20 heavy (non-hydrogen) atoms. The fourth-order valence-corrected chi connectivity index (χ4v) is 5.00. The molecule has 0 bridgehead atoms. The van der Waals surface area contributed by atoms with E-state index in [0.717, 1.165) is 6.26 Å². The number of thioether (sulfide) groups is 1. The molecule has 0 aromatic carbocycles. The molecule has 110 valence electrons. The molecule has 1 atom stereocenters. The van der Waals surface area contributed by atoms with Gasteiger partial charge in [-0.25, -0.2) is 13.4 Å². The van der Waals surface area contributed by atoms with Gasteiger partial charge in [0.05, 0.1) is 0 Å². The van der Waals surface area contributed by atoms with Gasteiger partial charge in [-0.1, -0.05) is 11.6 Å². The van der Waals surface area contributed by atoms with Crippen LogP contribution in [0.4, 0.5) is 5.82 Å². The third-order valence-electron chi connectivity index (χ3n) is 2.90. The third kappa shape index (κ3) is 3.36. The third-order valence-corrected chi connectivity index (χ3v) is 5.74. The number of amides is 1. The first-order valence-corrected chi connectivity index (χ1v) is 9.28. The molecule has 1 aliphatic rings. The summed E-state index contributed by atoms with van der Waals surface area (Å²) in [5.41, 5.74) is 5.81. The summed E-state index contributed by atoms with van der Waals surface area (Å²) in [4.78, 5) is 17.6. The van der Waals surface area contributed by atoms with E-state index in [-0.39, 0.29) is 16.5 Å². The highest BCUT2D eigenvalue weighted by Gasteiger charge is 2.34. The van der Waals surface area contributed by atoms with Crippen molar-refractivity contribution in [3.8, 4) is 0 Å². The Morgan fingerprint density at radius 1 is 1.55 bits per heavy atom. The van der Waals surface area contributed by atoms with Crippen LogP contribution in [0.3, 0.4) is 0 Å². The van der Waals surface area contributed by atoms with Crippen LogP contribution in [0, 0.1) is 0 Å². The summed E-state index contributed by atoms with van der Waals surface area (Å²) in [7, 11) is -3.34. The second kappa shape index (κ2) is 5.79. The summed E-state index contributed by atoms with van der Waals surface area (Å²) in [5.74, 6) is 0.810. The molecule has 1 aromatic heterocycles. The Labute approximate surface area is 126 Å². The summed E-state index contributed by atoms with van der Waals surface area (Å²) in [6.45, 7) is 0.376. The molecular formula is C11H14ClN3O3S2. The molecule has 2 N–H and O–H groups in total. The van der Waals surface area contributed by atoms with E-state index in [1.807, 2.05) is 0 Å². The molecule has 1 fully saturated rings. The van der Waals surface area contributed by atoms with Crippen molar-refractivity contribution in [3.05, 3.63) is 22.8 Å². The minimum absolute atomic E-state index is 0.107. The van der Waals surface area contributed by atoms with Crippen LogP contribution in [0.1, 0.15) is 10.4 Å². The lowest BCUT2D eigenvalue weighted by molar-refractivity contribution is 0.0749. The predicted octanol–water partition coefficient (Wildman–Crippen LogP) is 0.877. The standard InChI is InChI=1S/C11H14ClN3O3S2/c1-20(17,18)10-6-19-3-2-15(10)11(16)7-4-8(12)14-9(13)5-7/h4-5,10H,2-3,6H2,1H3,(H2,13,14). The van der Waals surface area contributed by atoms with Crippen LogP contribution in [0.2, 0.25) is 5.15 Å². The molecule has 1 amide bonds. The molecule has 0 saturated carbocycles. The summed E-state index contributed by atoms with van der Waals surface area (Å²) < 4.78 is 23.6. The molecule has 6 nitrogen and oxygen atoms in total. The number of aromatic nitrogens is 1. The van der Waals surface area contributed by atoms with Crippen molar-refractivity contribution in [3.63, 3.8) is 0 Å². The highest BCUT2D eigenvalue weighted by molar-refractivity contribution is 8.00. The Morgan fingerprint density at radius 3 is 2.85 bits per heavy atom. The average Bonchev–Trinajstić information content (AvgIpc) is 2.35. The first-order valence-electron chi connectivity index (χ1n) is 5.79. The summed E-state index contributed by atoms with van der Waals surface area (Å²) in [5, 5.41) is -0.711. The quantitative estimate of drug-likeness (QED) is 0.806. The zero-order valence-corrected chi connectivity index (χ0v) is 13.1. The molecule has 0 aliphatic carbocycles. The second-order valence-electron chi connectivity index (χ2n) is 4.46. The maximum Gasteiger partial charge on any atom is 0.255 e. The highest BCUT2D eigenvalue weighted by atomic mass is 35.5. The molecule has 1 unspecified atom stereocenters. The first-order chi connectivity index (χ1) is 9.29. The van der Waals surface area contributed by atoms with E-state index in [1.165, 1.54) is 28.8 Å². The number of nitrogen functional groups attached to an aromatic ring is 1. The number of nitrogens with zero attached hydrogens (tertiary/aromatic N) is 2. The van der Waals surface area contributed by atoms with E-state index < -0.39 is 21.1 Å². The topological polar surface area (TPSA) is 93.4 Å². The van der Waals surface area contributed by atoms with Crippen molar-refractivity contribution < 1.29 is 13.2 Å². The van der Waals surface area contributed by atoms with E-state index in [4.69, 9.17) is 17.3 Å². The molecule has 0 spiro atoms. The number of sulfone groups is 1. The predicted molar refractivity (Wildman–Crippen MR) is 80.7 cm³/mol. The normalized spacial score (nSPS) is 19.9. The van der Waals surface area contributed by atoms with Crippen molar-refractivity contribution in [2.75, 3.05) is 30.0 Å². The van der Waals surface area contributed by atoms with Crippen LogP contribution in [0.5, 0.6) is 0 Å². The van der Waals surface area contributed by atoms with Gasteiger partial charge in [0.15, 0.2) is 9.84 Å². The van der Waals surface area contributed by atoms with Gasteiger partial charge in [0.1, 0.15) is 16.3 Å². The number of rotatable bonds is 2. The van der Waals surface area contributed by atoms with Gasteiger partial charge in [0.2, 0.25) is 0 Å². The largest absolute Gasteiger partial charge is 0.384 e. The van der Waals surface area contributed by atoms with Gasteiger partial charge in [-0.05, 0) is 12.1 Å². The number of anilines is 1. The Balaban J connectivity index is 2.35. The number of hydrogen-bond donors (Lipinski definition) is 1. The minimum atomic E-state index is -3.34. The molecule has 2 rings (SSSR count). The lowest BCUT2D eigenvalue weighted by Crippen LogP contribution is -2.49. The van der Waals surface area contributed by atoms with E-state index >= 15 is 0 Å². The highest BCUT2D eigenvalue weighted by Crippen LogP contribution is 2.23. The molecule has 1 aromatic rings. The van der Waals surface area contributed by atoms with Gasteiger partial charge < -0.3 is 10.6 Å². The summed E-state index contributed by atoms with van der Waals surface area (Å²) in [6.07, 6.45) is 1.14. The van der Waals surface area contributed by atoms with Crippen LogP contribution < -0.4 is 5.73 Å². The molecule has 2 heterocycles. The molecular weight excluding hydrogens is 322 g/mol. The number of pyridine rings is 1. The van der Waals surface area contributed by atoms with Crippen LogP contribution in [-0.4, -0.2) is 53.9 Å². The van der Waals surface area contributed by atoms with Crippen molar-refractivity contribution >= 4 is 44.9 Å². The average molecular weight is 336 g/mol. The second-order valence-corrected chi connectivity index (χ2v) is 8.20. The van der Waals surface area contributed by atoms with E-state index in [1.54, 1.807) is 0 Å². The summed E-state index contributed by atoms with van der Waals surface area (Å²) in [6, 6.07) is 2.79. The Hall–Kier alpha value is -0.990. The van der Waals surface area contributed by atoms with Gasteiger partial charge in [-0.15, -0.1) is 0 Å². The Morgan fingerprint density at radius 2 is 2.25 bits per heavy atom. The fourth-order valence-electron chi connectivity index (χ4n) is 1.97. The number of carbonyl (C=O) groups is 1. The van der Waals surface area contributed by atoms with E-state index in [9.17, 15) is 13.2 Å². The number of nitrogens with two attached hydrogens (primary N) is 1. The first kappa shape index (κ1) is 15.4. The number of hydrogen-bond acceptors (Lipinski definition) is 6. The summed E-state index contributed by atoms with van der Waals surface area (Å²) >= 11 is 7.29. The molecule has 1 saturated heterocycles. The monoisotopic (exact) mass is 335 g/mol. The Kier molecular flexibility index (Phi) is 4.46. The van der Waals surface area contributed by atoms with Crippen LogP contribution in [0.25, 0.3) is 0 Å². The number of halogens is 1. The molecule has 0 radical (unpaired) electrons. The Bertz CT molecular complexity index is 616. The van der Waals surface area contributed by atoms with Gasteiger partial charge in [0.25, 0.3) is 5.91 Å². The van der Waals surface area contributed by atoms with E-state index in [0.29, 0.717) is 18.1 Å². The number of carbonyl (C=O) groups excluding carboxylic acids is 1. The lowest BCUT2D eigenvalue weighted by Gasteiger charge is -2.34. The molecule has 9 heteroatoms. The molecule has 1 aliphatic heterocycles. The van der Waals surface area contributed by atoms with Gasteiger partial charge >= 0.3 is 0 Å². The van der Waals surface area contributed by atoms with Crippen molar-refractivity contribution in [2.24, 2.45) is 0 Å². The zero-order valence-electron chi connectivity index (χ0n) is 10.7. The van der Waals surface area contributed by atoms with E-state index in [2.05, 4.69) is 4.98 Å². The smallest absolute Gasteiger partial charge is 0.255 e. The maximum absolute atomic E-state index is 12.5. The lowest BCUT2D eigenvalue weighted by atomic mass is 10.2. The fraction of sp³-hybridized carbons (Fsp3) is 0.455. The zero-order chi connectivity index (χ0) is 14.9. The van der Waals surface area contributed by atoms with Crippen LogP contribution >= 0.6 is 23.4 Å². The maximum atomic E-state index is 12.5. The SMILES string of the molecule is CS(=O)(=O)C1CSCCN1C(=O)c1cc(N)nc(Cl)c1. The van der Waals surface area contributed by atoms with Gasteiger partial charge in [-0.3, -0.25) is 4.79 Å².